The third-order valence-electron chi connectivity index (χ3n) is 2.43. The maximum Gasteiger partial charge on any atom is 0.251 e. The Labute approximate surface area is 106 Å². The normalized spacial score (nSPS) is 12.5. The van der Waals surface area contributed by atoms with E-state index in [0.29, 0.717) is 6.07 Å². The summed E-state index contributed by atoms with van der Waals surface area (Å²) in [4.78, 5) is 5.31. The molecule has 18 heavy (non-hydrogen) atoms. The molecule has 1 atom stereocenters. The van der Waals surface area contributed by atoms with Crippen LogP contribution in [0.4, 0.5) is 19.0 Å². The highest BCUT2D eigenvalue weighted by molar-refractivity contribution is 7.12. The van der Waals surface area contributed by atoms with Crippen LogP contribution in [0.5, 0.6) is 0 Å². The van der Waals surface area contributed by atoms with Gasteiger partial charge in [-0.1, -0.05) is 0 Å². The first-order valence-electron chi connectivity index (χ1n) is 5.32. The van der Waals surface area contributed by atoms with E-state index < -0.39 is 17.6 Å². The van der Waals surface area contributed by atoms with Crippen molar-refractivity contribution in [2.75, 3.05) is 5.32 Å². The number of nitrogens with zero attached hydrogens (tertiary/aromatic N) is 1. The summed E-state index contributed by atoms with van der Waals surface area (Å²) in [5, 5.41) is 2.73. The average molecular weight is 272 g/mol. The van der Waals surface area contributed by atoms with Gasteiger partial charge in [-0.05, 0) is 26.0 Å². The Morgan fingerprint density at radius 2 is 1.94 bits per heavy atom. The summed E-state index contributed by atoms with van der Waals surface area (Å²) >= 11 is 1.55. The fourth-order valence-corrected chi connectivity index (χ4v) is 2.39. The molecule has 2 nitrogen and oxygen atoms in total. The molecule has 0 aliphatic carbocycles. The summed E-state index contributed by atoms with van der Waals surface area (Å²) in [5.74, 6) is -3.80. The van der Waals surface area contributed by atoms with E-state index in [1.165, 1.54) is 0 Å². The largest absolute Gasteiger partial charge is 0.360 e. The van der Waals surface area contributed by atoms with Crippen molar-refractivity contribution < 1.29 is 13.2 Å². The lowest BCUT2D eigenvalue weighted by Crippen LogP contribution is -2.09. The monoisotopic (exact) mass is 272 g/mol. The van der Waals surface area contributed by atoms with Gasteiger partial charge in [0.2, 0.25) is 0 Å². The molecule has 0 aliphatic heterocycles. The molecular weight excluding hydrogens is 261 g/mol. The third kappa shape index (κ3) is 2.64. The van der Waals surface area contributed by atoms with E-state index in [4.69, 9.17) is 0 Å². The zero-order valence-corrected chi connectivity index (χ0v) is 10.6. The van der Waals surface area contributed by atoms with Crippen LogP contribution in [0.1, 0.15) is 22.7 Å². The molecule has 2 rings (SSSR count). The molecule has 0 fully saturated rings. The number of thiophene rings is 1. The van der Waals surface area contributed by atoms with Gasteiger partial charge in [-0.3, -0.25) is 0 Å². The Hall–Kier alpha value is -1.56. The molecule has 0 bridgehead atoms. The van der Waals surface area contributed by atoms with Gasteiger partial charge < -0.3 is 5.32 Å². The number of halogens is 3. The number of aromatic nitrogens is 1. The summed E-state index contributed by atoms with van der Waals surface area (Å²) in [6, 6.07) is 4.09. The highest BCUT2D eigenvalue weighted by atomic mass is 32.1. The summed E-state index contributed by atoms with van der Waals surface area (Å²) in [7, 11) is 0. The topological polar surface area (TPSA) is 24.9 Å². The van der Waals surface area contributed by atoms with Crippen molar-refractivity contribution in [3.63, 3.8) is 0 Å². The molecule has 0 saturated heterocycles. The smallest absolute Gasteiger partial charge is 0.251 e. The van der Waals surface area contributed by atoms with E-state index in [1.54, 1.807) is 18.3 Å². The highest BCUT2D eigenvalue weighted by Crippen LogP contribution is 2.26. The number of anilines is 1. The van der Waals surface area contributed by atoms with Gasteiger partial charge in [-0.15, -0.1) is 11.3 Å². The number of rotatable bonds is 3. The van der Waals surface area contributed by atoms with Gasteiger partial charge in [0.25, 0.3) is 5.95 Å². The fourth-order valence-electron chi connectivity index (χ4n) is 1.51. The Bertz CT molecular complexity index is 568. The molecular formula is C12H11F3N2S. The van der Waals surface area contributed by atoms with Crippen LogP contribution in [-0.4, -0.2) is 4.98 Å². The molecule has 2 aromatic rings. The molecule has 0 saturated carbocycles. The van der Waals surface area contributed by atoms with Crippen LogP contribution < -0.4 is 5.32 Å². The second kappa shape index (κ2) is 4.97. The lowest BCUT2D eigenvalue weighted by molar-refractivity contribution is 0.466. The van der Waals surface area contributed by atoms with Gasteiger partial charge in [0.1, 0.15) is 0 Å². The van der Waals surface area contributed by atoms with Crippen molar-refractivity contribution in [2.24, 2.45) is 0 Å². The quantitative estimate of drug-likeness (QED) is 0.853. The lowest BCUT2D eigenvalue weighted by atomic mass is 10.2. The van der Waals surface area contributed by atoms with Gasteiger partial charge in [-0.2, -0.15) is 9.37 Å². The molecule has 0 amide bonds. The number of hydrogen-bond donors (Lipinski definition) is 1. The van der Waals surface area contributed by atoms with Gasteiger partial charge in [0, 0.05) is 15.8 Å². The van der Waals surface area contributed by atoms with E-state index in [2.05, 4.69) is 10.3 Å². The van der Waals surface area contributed by atoms with Crippen molar-refractivity contribution in [1.29, 1.82) is 0 Å². The third-order valence-corrected chi connectivity index (χ3v) is 3.61. The van der Waals surface area contributed by atoms with E-state index in [0.717, 1.165) is 9.75 Å². The average Bonchev–Trinajstić information content (AvgIpc) is 2.73. The van der Waals surface area contributed by atoms with Crippen LogP contribution in [-0.2, 0) is 0 Å². The van der Waals surface area contributed by atoms with Crippen molar-refractivity contribution in [3.8, 4) is 0 Å². The molecule has 0 radical (unpaired) electrons. The minimum Gasteiger partial charge on any atom is -0.360 e. The van der Waals surface area contributed by atoms with Crippen molar-refractivity contribution in [2.45, 2.75) is 19.9 Å². The zero-order valence-electron chi connectivity index (χ0n) is 9.80. The van der Waals surface area contributed by atoms with E-state index in [1.807, 2.05) is 19.1 Å². The minimum absolute atomic E-state index is 0.226. The van der Waals surface area contributed by atoms with E-state index in [-0.39, 0.29) is 11.9 Å². The van der Waals surface area contributed by atoms with Crippen LogP contribution in [0.25, 0.3) is 0 Å². The van der Waals surface area contributed by atoms with Crippen LogP contribution in [0.2, 0.25) is 0 Å². The maximum atomic E-state index is 13.4. The van der Waals surface area contributed by atoms with Crippen LogP contribution in [0.3, 0.4) is 0 Å². The van der Waals surface area contributed by atoms with Crippen molar-refractivity contribution in [3.05, 3.63) is 45.5 Å². The standard InChI is InChI=1S/C12H11F3N2S/c1-6-3-4-10(18-6)7(2)16-12-9(14)5-8(13)11(15)17-12/h3-5,7H,1-2H3,(H,16,17). The van der Waals surface area contributed by atoms with E-state index in [9.17, 15) is 13.2 Å². The van der Waals surface area contributed by atoms with Crippen molar-refractivity contribution in [1.82, 2.24) is 4.98 Å². The minimum atomic E-state index is -1.31. The number of aryl methyl sites for hydroxylation is 1. The summed E-state index contributed by atoms with van der Waals surface area (Å²) in [6.45, 7) is 3.75. The molecule has 1 N–H and O–H groups in total. The van der Waals surface area contributed by atoms with Crippen molar-refractivity contribution >= 4 is 17.2 Å². The summed E-state index contributed by atoms with van der Waals surface area (Å²) in [6.07, 6.45) is 0. The molecule has 0 aliphatic rings. The predicted octanol–water partition coefficient (Wildman–Crippen LogP) is 4.04. The lowest BCUT2D eigenvalue weighted by Gasteiger charge is -2.13. The highest BCUT2D eigenvalue weighted by Gasteiger charge is 2.15. The molecule has 0 spiro atoms. The maximum absolute atomic E-state index is 13.4. The molecule has 2 aromatic heterocycles. The Balaban J connectivity index is 2.21. The number of pyridine rings is 1. The first-order valence-corrected chi connectivity index (χ1v) is 6.13. The van der Waals surface area contributed by atoms with Gasteiger partial charge in [0.15, 0.2) is 17.5 Å². The predicted molar refractivity (Wildman–Crippen MR) is 65.2 cm³/mol. The van der Waals surface area contributed by atoms with Crippen LogP contribution >= 0.6 is 11.3 Å². The second-order valence-electron chi connectivity index (χ2n) is 3.91. The Morgan fingerprint density at radius 3 is 2.56 bits per heavy atom. The molecule has 6 heteroatoms. The van der Waals surface area contributed by atoms with E-state index >= 15 is 0 Å². The van der Waals surface area contributed by atoms with Gasteiger partial charge >= 0.3 is 0 Å². The summed E-state index contributed by atoms with van der Waals surface area (Å²) in [5.41, 5.74) is 0. The number of hydrogen-bond acceptors (Lipinski definition) is 3. The number of nitrogens with one attached hydrogen (secondary N) is 1. The Morgan fingerprint density at radius 1 is 1.22 bits per heavy atom. The first kappa shape index (κ1) is 12.9. The molecule has 1 unspecified atom stereocenters. The SMILES string of the molecule is Cc1ccc(C(C)Nc2nc(F)c(F)cc2F)s1. The van der Waals surface area contributed by atoms with Crippen LogP contribution in [0, 0.1) is 24.5 Å². The molecule has 0 aromatic carbocycles. The first-order chi connectivity index (χ1) is 8.47. The molecule has 96 valence electrons. The molecule has 2 heterocycles. The van der Waals surface area contributed by atoms with Gasteiger partial charge in [0.05, 0.1) is 6.04 Å². The zero-order chi connectivity index (χ0) is 13.3. The summed E-state index contributed by atoms with van der Waals surface area (Å²) < 4.78 is 39.0. The Kier molecular flexibility index (Phi) is 3.56. The fraction of sp³-hybridized carbons (Fsp3) is 0.250. The van der Waals surface area contributed by atoms with Gasteiger partial charge in [-0.25, -0.2) is 8.78 Å². The second-order valence-corrected chi connectivity index (χ2v) is 5.23. The van der Waals surface area contributed by atoms with Crippen LogP contribution in [0.15, 0.2) is 18.2 Å².